The lowest BCUT2D eigenvalue weighted by atomic mass is 10.1. The minimum atomic E-state index is -0.330. The van der Waals surface area contributed by atoms with Crippen molar-refractivity contribution in [2.24, 2.45) is 0 Å². The number of hydrogen-bond acceptors (Lipinski definition) is 4. The topological polar surface area (TPSA) is 59.4 Å². The van der Waals surface area contributed by atoms with Gasteiger partial charge in [-0.1, -0.05) is 54.7 Å². The van der Waals surface area contributed by atoms with E-state index in [2.05, 4.69) is 9.97 Å². The van der Waals surface area contributed by atoms with Crippen LogP contribution in [0.25, 0.3) is 28.2 Å². The maximum Gasteiger partial charge on any atom is 0.338 e. The van der Waals surface area contributed by atoms with Crippen molar-refractivity contribution in [2.45, 2.75) is 6.92 Å². The van der Waals surface area contributed by atoms with Crippen molar-refractivity contribution in [3.63, 3.8) is 0 Å². The van der Waals surface area contributed by atoms with E-state index in [1.54, 1.807) is 25.3 Å². The van der Waals surface area contributed by atoms with Crippen LogP contribution in [0.4, 0.5) is 0 Å². The first kappa shape index (κ1) is 17.2. The number of benzene rings is 2. The van der Waals surface area contributed by atoms with Crippen molar-refractivity contribution in [2.75, 3.05) is 6.61 Å². The normalized spacial score (nSPS) is 10.9. The van der Waals surface area contributed by atoms with E-state index < -0.39 is 0 Å². The molecule has 2 aromatic heterocycles. The maximum atomic E-state index is 11.8. The molecule has 4 aromatic rings. The van der Waals surface area contributed by atoms with Gasteiger partial charge in [0.05, 0.1) is 17.9 Å². The fourth-order valence-electron chi connectivity index (χ4n) is 2.93. The zero-order valence-corrected chi connectivity index (χ0v) is 15.5. The molecule has 27 heavy (non-hydrogen) atoms. The third-order valence-electron chi connectivity index (χ3n) is 4.29. The number of nitrogens with one attached hydrogen (secondary N) is 1. The smallest absolute Gasteiger partial charge is 0.338 e. The van der Waals surface area contributed by atoms with Gasteiger partial charge in [0, 0.05) is 18.0 Å². The number of rotatable bonds is 4. The van der Waals surface area contributed by atoms with E-state index in [4.69, 9.17) is 17.0 Å². The predicted molar refractivity (Wildman–Crippen MR) is 107 cm³/mol. The van der Waals surface area contributed by atoms with Crippen LogP contribution in [-0.4, -0.2) is 26.9 Å². The molecule has 0 atom stereocenters. The summed E-state index contributed by atoms with van der Waals surface area (Å²) in [7, 11) is 0. The second kappa shape index (κ2) is 7.17. The van der Waals surface area contributed by atoms with Crippen LogP contribution in [0.1, 0.15) is 17.3 Å². The molecule has 0 fully saturated rings. The Kier molecular flexibility index (Phi) is 4.56. The Morgan fingerprint density at radius 1 is 1.11 bits per heavy atom. The molecule has 0 aliphatic rings. The second-order valence-electron chi connectivity index (χ2n) is 6.00. The molecule has 0 bridgehead atoms. The van der Waals surface area contributed by atoms with E-state index in [0.29, 0.717) is 22.6 Å². The lowest BCUT2D eigenvalue weighted by Crippen LogP contribution is -2.04. The van der Waals surface area contributed by atoms with Crippen LogP contribution in [0.2, 0.25) is 0 Å². The van der Waals surface area contributed by atoms with Crippen molar-refractivity contribution < 1.29 is 9.53 Å². The zero-order valence-electron chi connectivity index (χ0n) is 14.7. The molecular formula is C21H17N3O2S. The summed E-state index contributed by atoms with van der Waals surface area (Å²) in [6.45, 7) is 2.14. The van der Waals surface area contributed by atoms with Crippen molar-refractivity contribution in [3.05, 3.63) is 77.2 Å². The SMILES string of the molecule is CCOC(=O)c1ccc(-c2cnc3[nH]c(-c4ccccc4)cn3c2=S)cc1. The average molecular weight is 375 g/mol. The maximum absolute atomic E-state index is 11.8. The molecule has 0 saturated heterocycles. The third-order valence-corrected chi connectivity index (χ3v) is 4.71. The van der Waals surface area contributed by atoms with Crippen LogP contribution in [-0.2, 0) is 4.74 Å². The highest BCUT2D eigenvalue weighted by molar-refractivity contribution is 7.71. The minimum Gasteiger partial charge on any atom is -0.462 e. The summed E-state index contributed by atoms with van der Waals surface area (Å²) in [5.41, 5.74) is 4.26. The summed E-state index contributed by atoms with van der Waals surface area (Å²) >= 11 is 5.68. The standard InChI is InChI=1S/C21H17N3O2S/c1-2-26-20(25)16-10-8-14(9-11-16)17-12-22-21-23-18(13-24(21)19(17)27)15-6-4-3-5-7-15/h3-13H,2H2,1H3,(H,22,23). The van der Waals surface area contributed by atoms with Crippen LogP contribution in [0.3, 0.4) is 0 Å². The molecule has 0 unspecified atom stereocenters. The summed E-state index contributed by atoms with van der Waals surface area (Å²) < 4.78 is 7.54. The first-order valence-corrected chi connectivity index (χ1v) is 9.01. The van der Waals surface area contributed by atoms with Crippen molar-refractivity contribution in [3.8, 4) is 22.4 Å². The Balaban J connectivity index is 1.74. The van der Waals surface area contributed by atoms with E-state index in [1.165, 1.54) is 0 Å². The van der Waals surface area contributed by atoms with Crippen molar-refractivity contribution >= 4 is 24.0 Å². The number of nitrogens with zero attached hydrogens (tertiary/aromatic N) is 2. The Morgan fingerprint density at radius 2 is 1.85 bits per heavy atom. The fraction of sp³-hybridized carbons (Fsp3) is 0.0952. The van der Waals surface area contributed by atoms with Crippen LogP contribution < -0.4 is 0 Å². The quantitative estimate of drug-likeness (QED) is 0.407. The lowest BCUT2D eigenvalue weighted by molar-refractivity contribution is 0.0526. The van der Waals surface area contributed by atoms with Crippen molar-refractivity contribution in [1.29, 1.82) is 0 Å². The van der Waals surface area contributed by atoms with Gasteiger partial charge in [0.1, 0.15) is 4.64 Å². The van der Waals surface area contributed by atoms with Crippen LogP contribution in [0.5, 0.6) is 0 Å². The molecule has 5 nitrogen and oxygen atoms in total. The Bertz CT molecular complexity index is 1160. The number of ether oxygens (including phenoxy) is 1. The summed E-state index contributed by atoms with van der Waals surface area (Å²) in [6.07, 6.45) is 3.71. The van der Waals surface area contributed by atoms with Gasteiger partial charge in [-0.15, -0.1) is 0 Å². The Labute approximate surface area is 161 Å². The average Bonchev–Trinajstić information content (AvgIpc) is 3.15. The molecule has 0 saturated carbocycles. The Hall–Kier alpha value is -3.25. The highest BCUT2D eigenvalue weighted by atomic mass is 32.1. The molecule has 0 spiro atoms. The largest absolute Gasteiger partial charge is 0.462 e. The molecule has 2 heterocycles. The number of aromatic nitrogens is 3. The van der Waals surface area contributed by atoms with Crippen LogP contribution in [0, 0.1) is 4.64 Å². The molecule has 0 radical (unpaired) electrons. The lowest BCUT2D eigenvalue weighted by Gasteiger charge is -2.05. The molecule has 1 N–H and O–H groups in total. The van der Waals surface area contributed by atoms with Gasteiger partial charge in [0.2, 0.25) is 5.78 Å². The molecule has 6 heteroatoms. The number of H-pyrrole nitrogens is 1. The highest BCUT2D eigenvalue weighted by Gasteiger charge is 2.10. The number of imidazole rings is 1. The number of hydrogen-bond donors (Lipinski definition) is 1. The van der Waals surface area contributed by atoms with Gasteiger partial charge < -0.3 is 9.72 Å². The Morgan fingerprint density at radius 3 is 2.56 bits per heavy atom. The third kappa shape index (κ3) is 3.27. The second-order valence-corrected chi connectivity index (χ2v) is 6.39. The number of aromatic amines is 1. The molecular weight excluding hydrogens is 358 g/mol. The zero-order chi connectivity index (χ0) is 18.8. The molecule has 0 amide bonds. The van der Waals surface area contributed by atoms with Crippen LogP contribution in [0.15, 0.2) is 67.0 Å². The summed E-state index contributed by atoms with van der Waals surface area (Å²) in [5, 5.41) is 0. The molecule has 0 aliphatic heterocycles. The van der Waals surface area contributed by atoms with Gasteiger partial charge in [0.25, 0.3) is 0 Å². The van der Waals surface area contributed by atoms with Gasteiger partial charge in [-0.05, 0) is 30.2 Å². The van der Waals surface area contributed by atoms with Gasteiger partial charge in [-0.3, -0.25) is 4.40 Å². The first-order valence-electron chi connectivity index (χ1n) is 8.60. The summed E-state index contributed by atoms with van der Waals surface area (Å²) in [4.78, 5) is 19.6. The molecule has 2 aromatic carbocycles. The summed E-state index contributed by atoms with van der Waals surface area (Å²) in [5.74, 6) is 0.356. The van der Waals surface area contributed by atoms with E-state index in [0.717, 1.165) is 22.4 Å². The van der Waals surface area contributed by atoms with E-state index in [9.17, 15) is 4.79 Å². The molecule has 0 aliphatic carbocycles. The van der Waals surface area contributed by atoms with Gasteiger partial charge in [-0.25, -0.2) is 9.78 Å². The van der Waals surface area contributed by atoms with Gasteiger partial charge in [0.15, 0.2) is 0 Å². The van der Waals surface area contributed by atoms with Gasteiger partial charge >= 0.3 is 5.97 Å². The predicted octanol–water partition coefficient (Wildman–Crippen LogP) is 4.90. The van der Waals surface area contributed by atoms with Gasteiger partial charge in [-0.2, -0.15) is 0 Å². The minimum absolute atomic E-state index is 0.330. The van der Waals surface area contributed by atoms with E-state index in [1.807, 2.05) is 53.1 Å². The highest BCUT2D eigenvalue weighted by Crippen LogP contribution is 2.24. The van der Waals surface area contributed by atoms with E-state index in [-0.39, 0.29) is 5.97 Å². The summed E-state index contributed by atoms with van der Waals surface area (Å²) in [6, 6.07) is 17.2. The van der Waals surface area contributed by atoms with Crippen molar-refractivity contribution in [1.82, 2.24) is 14.4 Å². The fourth-order valence-corrected chi connectivity index (χ4v) is 3.24. The molecule has 134 valence electrons. The first-order chi connectivity index (χ1) is 13.2. The monoisotopic (exact) mass is 375 g/mol. The van der Waals surface area contributed by atoms with Crippen LogP contribution >= 0.6 is 12.2 Å². The number of fused-ring (bicyclic) bond motifs is 1. The number of carbonyl (C=O) groups is 1. The number of carbonyl (C=O) groups excluding carboxylic acids is 1. The van der Waals surface area contributed by atoms with E-state index >= 15 is 0 Å². The molecule has 4 rings (SSSR count). The number of esters is 1.